The minimum absolute atomic E-state index is 0.0324. The third-order valence-electron chi connectivity index (χ3n) is 4.77. The van der Waals surface area contributed by atoms with Gasteiger partial charge >= 0.3 is 0 Å². The van der Waals surface area contributed by atoms with Gasteiger partial charge in [0.05, 0.1) is 0 Å². The Morgan fingerprint density at radius 2 is 1.71 bits per heavy atom. The predicted molar refractivity (Wildman–Crippen MR) is 114 cm³/mol. The molecule has 0 fully saturated rings. The lowest BCUT2D eigenvalue weighted by Crippen LogP contribution is -2.49. The zero-order valence-corrected chi connectivity index (χ0v) is 17.4. The fraction of sp³-hybridized carbons (Fsp3) is 0.391. The summed E-state index contributed by atoms with van der Waals surface area (Å²) in [5, 5.41) is 3.56. The Labute approximate surface area is 172 Å². The van der Waals surface area contributed by atoms with E-state index in [0.717, 1.165) is 17.5 Å². The summed E-state index contributed by atoms with van der Waals surface area (Å²) in [6.07, 6.45) is 2.46. The maximum atomic E-state index is 13.0. The highest BCUT2D eigenvalue weighted by Gasteiger charge is 2.25. The molecule has 0 aliphatic rings. The van der Waals surface area contributed by atoms with Crippen LogP contribution in [-0.2, 0) is 22.4 Å². The van der Waals surface area contributed by atoms with Crippen LogP contribution in [0.5, 0.6) is 0 Å². The van der Waals surface area contributed by atoms with E-state index in [2.05, 4.69) is 5.32 Å². The van der Waals surface area contributed by atoms with E-state index in [1.54, 1.807) is 11.8 Å². The minimum Gasteiger partial charge on any atom is -0.354 e. The molecule has 4 nitrogen and oxygen atoms in total. The number of benzene rings is 2. The van der Waals surface area contributed by atoms with E-state index in [9.17, 15) is 9.59 Å². The van der Waals surface area contributed by atoms with Crippen molar-refractivity contribution in [2.75, 3.05) is 13.1 Å². The van der Waals surface area contributed by atoms with Crippen molar-refractivity contribution in [2.45, 2.75) is 45.6 Å². The zero-order valence-electron chi connectivity index (χ0n) is 16.7. The number of nitrogens with one attached hydrogen (secondary N) is 1. The van der Waals surface area contributed by atoms with Gasteiger partial charge in [-0.25, -0.2) is 0 Å². The number of nitrogens with zero attached hydrogens (tertiary/aromatic N) is 1. The molecule has 0 spiro atoms. The van der Waals surface area contributed by atoms with Gasteiger partial charge in [0.2, 0.25) is 11.8 Å². The Balaban J connectivity index is 2.05. The first-order chi connectivity index (χ1) is 13.5. The number of amides is 2. The van der Waals surface area contributed by atoms with Gasteiger partial charge in [0, 0.05) is 24.5 Å². The first-order valence-corrected chi connectivity index (χ1v) is 10.2. The van der Waals surface area contributed by atoms with E-state index in [0.29, 0.717) is 37.4 Å². The van der Waals surface area contributed by atoms with Crippen LogP contribution in [0.2, 0.25) is 5.02 Å². The van der Waals surface area contributed by atoms with Crippen molar-refractivity contribution in [3.8, 4) is 0 Å². The molecule has 2 amide bonds. The molecule has 0 radical (unpaired) electrons. The molecule has 1 unspecified atom stereocenters. The van der Waals surface area contributed by atoms with Crippen LogP contribution in [0.15, 0.2) is 54.6 Å². The lowest BCUT2D eigenvalue weighted by atomic mass is 10.1. The van der Waals surface area contributed by atoms with Gasteiger partial charge in [-0.2, -0.15) is 0 Å². The molecule has 0 aliphatic heterocycles. The van der Waals surface area contributed by atoms with E-state index in [1.165, 1.54) is 0 Å². The summed E-state index contributed by atoms with van der Waals surface area (Å²) in [5.41, 5.74) is 2.09. The number of carbonyl (C=O) groups excluding carboxylic acids is 2. The van der Waals surface area contributed by atoms with Crippen LogP contribution in [0.25, 0.3) is 0 Å². The molecule has 5 heteroatoms. The molecular weight excluding hydrogens is 372 g/mol. The van der Waals surface area contributed by atoms with E-state index < -0.39 is 6.04 Å². The van der Waals surface area contributed by atoms with Crippen LogP contribution >= 0.6 is 11.6 Å². The number of aryl methyl sites for hydroxylation is 1. The minimum atomic E-state index is -0.506. The molecule has 2 aromatic rings. The average molecular weight is 401 g/mol. The predicted octanol–water partition coefficient (Wildman–Crippen LogP) is 4.26. The summed E-state index contributed by atoms with van der Waals surface area (Å²) in [5.74, 6) is -0.143. The van der Waals surface area contributed by atoms with Crippen LogP contribution in [0, 0.1) is 0 Å². The molecule has 0 bridgehead atoms. The van der Waals surface area contributed by atoms with E-state index in [-0.39, 0.29) is 11.8 Å². The topological polar surface area (TPSA) is 49.4 Å². The highest BCUT2D eigenvalue weighted by Crippen LogP contribution is 2.17. The van der Waals surface area contributed by atoms with Gasteiger partial charge in [-0.3, -0.25) is 9.59 Å². The largest absolute Gasteiger partial charge is 0.354 e. The third-order valence-corrected chi connectivity index (χ3v) is 5.14. The molecule has 0 aliphatic carbocycles. The highest BCUT2D eigenvalue weighted by molar-refractivity contribution is 6.31. The number of hydrogen-bond donors (Lipinski definition) is 1. The second-order valence-electron chi connectivity index (χ2n) is 6.88. The SMILES string of the molecule is CCCNC(=O)C(C)N(CCc1ccccc1)C(=O)CCc1ccccc1Cl. The monoisotopic (exact) mass is 400 g/mol. The number of halogens is 1. The van der Waals surface area contributed by atoms with Crippen molar-refractivity contribution < 1.29 is 9.59 Å². The van der Waals surface area contributed by atoms with Gasteiger partial charge in [0.25, 0.3) is 0 Å². The van der Waals surface area contributed by atoms with Crippen LogP contribution in [0.4, 0.5) is 0 Å². The molecule has 0 aromatic heterocycles. The van der Waals surface area contributed by atoms with Gasteiger partial charge in [0.1, 0.15) is 6.04 Å². The Morgan fingerprint density at radius 3 is 2.39 bits per heavy atom. The maximum absolute atomic E-state index is 13.0. The van der Waals surface area contributed by atoms with Crippen LogP contribution in [-0.4, -0.2) is 35.8 Å². The summed E-state index contributed by atoms with van der Waals surface area (Å²) in [7, 11) is 0. The molecule has 2 aromatic carbocycles. The molecule has 1 N–H and O–H groups in total. The summed E-state index contributed by atoms with van der Waals surface area (Å²) in [6, 6.07) is 17.1. The van der Waals surface area contributed by atoms with Crippen molar-refractivity contribution in [3.05, 3.63) is 70.7 Å². The molecule has 1 atom stereocenters. The van der Waals surface area contributed by atoms with E-state index in [1.807, 2.05) is 61.5 Å². The summed E-state index contributed by atoms with van der Waals surface area (Å²) >= 11 is 6.21. The van der Waals surface area contributed by atoms with Crippen molar-refractivity contribution in [2.24, 2.45) is 0 Å². The fourth-order valence-electron chi connectivity index (χ4n) is 3.05. The smallest absolute Gasteiger partial charge is 0.242 e. The summed E-state index contributed by atoms with van der Waals surface area (Å²) < 4.78 is 0. The van der Waals surface area contributed by atoms with Gasteiger partial charge in [-0.05, 0) is 43.4 Å². The van der Waals surface area contributed by atoms with E-state index >= 15 is 0 Å². The molecule has 0 saturated carbocycles. The quantitative estimate of drug-likeness (QED) is 0.647. The van der Waals surface area contributed by atoms with Gasteiger partial charge < -0.3 is 10.2 Å². The number of rotatable bonds is 10. The molecule has 150 valence electrons. The standard InChI is InChI=1S/C23H29ClN2O2/c1-3-16-25-23(28)18(2)26(17-15-19-9-5-4-6-10-19)22(27)14-13-20-11-7-8-12-21(20)24/h4-12,18H,3,13-17H2,1-2H3,(H,25,28). The van der Waals surface area contributed by atoms with Gasteiger partial charge in [-0.1, -0.05) is 67.1 Å². The Kier molecular flexibility index (Phi) is 9.02. The normalized spacial score (nSPS) is 11.7. The first-order valence-electron chi connectivity index (χ1n) is 9.87. The average Bonchev–Trinajstić information content (AvgIpc) is 2.72. The van der Waals surface area contributed by atoms with Gasteiger partial charge in [-0.15, -0.1) is 0 Å². The summed E-state index contributed by atoms with van der Waals surface area (Å²) in [4.78, 5) is 27.1. The van der Waals surface area contributed by atoms with Crippen molar-refractivity contribution in [3.63, 3.8) is 0 Å². The third kappa shape index (κ3) is 6.68. The number of carbonyl (C=O) groups is 2. The summed E-state index contributed by atoms with van der Waals surface area (Å²) in [6.45, 7) is 4.92. The lowest BCUT2D eigenvalue weighted by Gasteiger charge is -2.29. The fourth-order valence-corrected chi connectivity index (χ4v) is 3.28. The lowest BCUT2D eigenvalue weighted by molar-refractivity contribution is -0.139. The molecule has 28 heavy (non-hydrogen) atoms. The maximum Gasteiger partial charge on any atom is 0.242 e. The second kappa shape index (κ2) is 11.5. The molecule has 0 heterocycles. The first kappa shape index (κ1) is 22.0. The molecule has 2 rings (SSSR count). The molecular formula is C23H29ClN2O2. The molecule has 0 saturated heterocycles. The van der Waals surface area contributed by atoms with Crippen molar-refractivity contribution >= 4 is 23.4 Å². The second-order valence-corrected chi connectivity index (χ2v) is 7.29. The van der Waals surface area contributed by atoms with Crippen LogP contribution in [0.1, 0.15) is 37.8 Å². The number of hydrogen-bond acceptors (Lipinski definition) is 2. The van der Waals surface area contributed by atoms with Crippen LogP contribution in [0.3, 0.4) is 0 Å². The van der Waals surface area contributed by atoms with Crippen molar-refractivity contribution in [1.29, 1.82) is 0 Å². The van der Waals surface area contributed by atoms with Crippen molar-refractivity contribution in [1.82, 2.24) is 10.2 Å². The highest BCUT2D eigenvalue weighted by atomic mass is 35.5. The Hall–Kier alpha value is -2.33. The Morgan fingerprint density at radius 1 is 1.04 bits per heavy atom. The Bertz CT molecular complexity index is 764. The van der Waals surface area contributed by atoms with Gasteiger partial charge in [0.15, 0.2) is 0 Å². The van der Waals surface area contributed by atoms with E-state index in [4.69, 9.17) is 11.6 Å². The zero-order chi connectivity index (χ0) is 20.4. The van der Waals surface area contributed by atoms with Crippen LogP contribution < -0.4 is 5.32 Å².